The van der Waals surface area contributed by atoms with Gasteiger partial charge in [0.05, 0.1) is 60.9 Å². The Morgan fingerprint density at radius 2 is 0.979 bits per heavy atom. The van der Waals surface area contributed by atoms with E-state index >= 15 is 26.3 Å². The molecule has 6 aromatic heterocycles. The predicted octanol–water partition coefficient (Wildman–Crippen LogP) is 15.9. The van der Waals surface area contributed by atoms with Crippen LogP contribution in [0.2, 0.25) is 77.7 Å². The smallest absolute Gasteiger partial charge is 0.351 e. The summed E-state index contributed by atoms with van der Waals surface area (Å²) in [4.78, 5) is 108. The fourth-order valence-corrected chi connectivity index (χ4v) is 20.7. The molecule has 10 aromatic rings. The highest BCUT2D eigenvalue weighted by Crippen LogP contribution is 2.53. The number of carbonyl (C=O) groups excluding carboxylic acids is 2. The largest absolute Gasteiger partial charge is 0.508 e. The van der Waals surface area contributed by atoms with E-state index < -0.39 is 133 Å². The first kappa shape index (κ1) is 110. The zero-order chi connectivity index (χ0) is 106. The summed E-state index contributed by atoms with van der Waals surface area (Å²) in [5, 5.41) is 61.8. The molecule has 4 fully saturated rings. The molecule has 10 heterocycles. The average molecular weight is 2100 g/mol. The Kier molecular flexibility index (Phi) is 32.2. The number of ether oxygens (including phenoxy) is 2. The monoisotopic (exact) mass is 2090 g/mol. The Labute approximate surface area is 839 Å². The van der Waals surface area contributed by atoms with Crippen molar-refractivity contribution in [3.8, 4) is 51.5 Å². The molecule has 0 radical (unpaired) electrons. The van der Waals surface area contributed by atoms with Crippen LogP contribution in [0.25, 0.3) is 28.5 Å². The van der Waals surface area contributed by atoms with Gasteiger partial charge in [-0.3, -0.25) is 33.1 Å². The van der Waals surface area contributed by atoms with Crippen LogP contribution < -0.4 is 43.6 Å². The van der Waals surface area contributed by atoms with Crippen molar-refractivity contribution in [2.45, 2.75) is 263 Å². The average Bonchev–Trinajstić information content (AvgIpc) is 1.21. The number of piperazine rings is 2. The number of aromatic amines is 2. The Bertz CT molecular complexity index is 6610. The first-order valence-electron chi connectivity index (χ1n) is 47.7. The third-order valence-corrected chi connectivity index (χ3v) is 46.9. The van der Waals surface area contributed by atoms with E-state index in [1.54, 1.807) is 30.3 Å². The van der Waals surface area contributed by atoms with Crippen molar-refractivity contribution in [3.05, 3.63) is 207 Å². The fraction of sp³-hybridized carbons (Fsp3) is 0.526. The number of benzene rings is 4. The number of rotatable bonds is 27. The van der Waals surface area contributed by atoms with Gasteiger partial charge in [-0.05, 0) is 150 Å². The third kappa shape index (κ3) is 23.6. The van der Waals surface area contributed by atoms with Crippen LogP contribution in [0.5, 0.6) is 23.0 Å². The molecule has 4 saturated heterocycles. The van der Waals surface area contributed by atoms with E-state index in [-0.39, 0.29) is 127 Å². The van der Waals surface area contributed by atoms with Gasteiger partial charge in [0.1, 0.15) is 93.0 Å². The first-order chi connectivity index (χ1) is 66.9. The van der Waals surface area contributed by atoms with Crippen molar-refractivity contribution < 1.29 is 83.5 Å². The maximum atomic E-state index is 16.6. The summed E-state index contributed by atoms with van der Waals surface area (Å²) in [6.45, 7) is 53.4. The molecule has 47 heteroatoms. The number of phenols is 4. The van der Waals surface area contributed by atoms with Crippen molar-refractivity contribution in [2.24, 2.45) is 0 Å². The van der Waals surface area contributed by atoms with E-state index in [4.69, 9.17) is 38.8 Å². The standard InChI is InChI=1S/C48H65F3N10O8Si2.C26H40ClF2N5O5Si2.C23H26FN5O3/c1-28(2)31-22-32(36(63)23-35(31)62)41-56-57-45(66)61(41)30-14-13-29(33(49)21-30)26-58-17-19-59(20-18-58)39-25-52-34(24-53-39)42(64)54-38-15-16-60(44(65)55-38)43-48(50,51)40(69-71(11,12)47(6,7)8)37(68-43)27-67-70(9,10)46(3,4)5;1-24(2,3)40(7,8)37-15-17-20(39-41(9,10)25(4,5)6)26(28,29)22(38-17)34-12-11-19(33-23(34)36)32-21(35)16-13-31-18(27)14-30-16;1-12(2)15-9-16(19(31)10-18(15)30)22-26-27-23(32)29(22)21-13-7-14(20(24)17(21)8-13)11-28-5-3-25-4-6-28/h13-16,21-25,28,37,40,43,62-63H,17-20,26-27H2,1-12H3,(H,57,66)(H,54,55,64,65);11-14,17,20,22H,15H2,1-10H3,(H,32,33,35,36);7-10,12,21,25,30-31H,3-6,11H2,1-2H3,(H,27,32)/t37-,40-,43-;17-,20-,22-;/m11./s1. The molecule has 9 N–H and O–H groups in total. The number of nitrogens with one attached hydrogen (secondary N) is 5. The third-order valence-electron chi connectivity index (χ3n) is 28.8. The van der Waals surface area contributed by atoms with Crippen molar-refractivity contribution in [1.29, 1.82) is 0 Å². The number of H-pyrrole nitrogens is 2. The zero-order valence-corrected chi connectivity index (χ0v) is 90.3. The number of alkyl halides is 4. The lowest BCUT2D eigenvalue weighted by atomic mass is 9.83. The summed E-state index contributed by atoms with van der Waals surface area (Å²) in [5.41, 5.74) is 0.790. The van der Waals surface area contributed by atoms with Crippen LogP contribution in [-0.2, 0) is 40.3 Å². The van der Waals surface area contributed by atoms with E-state index in [0.717, 1.165) is 54.9 Å². The highest BCUT2D eigenvalue weighted by Gasteiger charge is 2.65. The molecule has 0 spiro atoms. The molecule has 1 unspecified atom stereocenters. The molecule has 36 nitrogen and oxygen atoms in total. The molecule has 0 saturated carbocycles. The van der Waals surface area contributed by atoms with Crippen molar-refractivity contribution in [3.63, 3.8) is 0 Å². The fourth-order valence-electron chi connectivity index (χ4n) is 16.0. The molecule has 144 heavy (non-hydrogen) atoms. The summed E-state index contributed by atoms with van der Waals surface area (Å²) in [6.07, 6.45) is -2.42. The van der Waals surface area contributed by atoms with Gasteiger partial charge < -0.3 is 68.5 Å². The summed E-state index contributed by atoms with van der Waals surface area (Å²) in [6, 6.07) is 15.5. The highest BCUT2D eigenvalue weighted by molar-refractivity contribution is 6.75. The van der Waals surface area contributed by atoms with Crippen LogP contribution >= 0.6 is 11.6 Å². The number of aromatic hydroxyl groups is 4. The quantitative estimate of drug-likeness (QED) is 0.0170. The Hall–Kier alpha value is -11.0. The highest BCUT2D eigenvalue weighted by atomic mass is 35.5. The maximum Gasteiger partial charge on any atom is 0.351 e. The Morgan fingerprint density at radius 3 is 1.41 bits per heavy atom. The molecular formula is C97H131ClF6N20O16Si4. The molecule has 6 aliphatic rings. The van der Waals surface area contributed by atoms with Crippen molar-refractivity contribution in [1.82, 2.24) is 83.7 Å². The summed E-state index contributed by atoms with van der Waals surface area (Å²) >= 11 is 5.69. The number of phenolic OH excluding ortho intramolecular Hbond substituents is 4. The van der Waals surface area contributed by atoms with E-state index in [2.05, 4.69) is 96.8 Å². The van der Waals surface area contributed by atoms with Gasteiger partial charge in [-0.15, -0.1) is 0 Å². The summed E-state index contributed by atoms with van der Waals surface area (Å²) in [5.74, 6) is -9.81. The van der Waals surface area contributed by atoms with Crippen LogP contribution in [0.4, 0.5) is 43.8 Å². The molecular weight excluding hydrogens is 1960 g/mol. The van der Waals surface area contributed by atoms with Crippen molar-refractivity contribution in [2.75, 3.05) is 81.1 Å². The lowest BCUT2D eigenvalue weighted by Gasteiger charge is -2.41. The van der Waals surface area contributed by atoms with Gasteiger partial charge in [-0.1, -0.05) is 128 Å². The van der Waals surface area contributed by atoms with E-state index in [9.17, 15) is 49.2 Å². The van der Waals surface area contributed by atoms with Gasteiger partial charge in [-0.2, -0.15) is 37.7 Å². The SMILES string of the molecule is CC(C)(C)[Si](C)(C)OC[C@H]1O[C@@H](n2ccc(NC(=O)c3cnc(Cl)cn3)nc2=O)C(F)(F)[C@@H]1O[Si](C)(C)C(C)(C)C.CC(C)c1cc(-c2n[nH]c(=O)n2-c2ccc(CN3CCN(c4cnc(C(=O)Nc5ccn([C@@H]6O[C@H](CO[Si](C)(C)C(C)(C)C)[C@@H](O[Si](C)(C)C(C)(C)C)C6(F)F)c(=O)n5)cn4)CC3)c(F)c2)c(O)cc1O.CC(C)c1cc(-c2n[nH]c(=O)n2C2c3cc(CN4CCNCC4)c(F)c2c3)c(O)cc1O. The first-order valence-corrected chi connectivity index (χ1v) is 59.7. The van der Waals surface area contributed by atoms with Crippen LogP contribution in [0.15, 0.2) is 123 Å². The minimum atomic E-state index is -3.65. The molecule has 4 aromatic carbocycles. The number of hydrogen-bond acceptors (Lipinski definition) is 28. The zero-order valence-electron chi connectivity index (χ0n) is 85.5. The lowest BCUT2D eigenvalue weighted by molar-refractivity contribution is -0.138. The summed E-state index contributed by atoms with van der Waals surface area (Å²) < 4.78 is 137. The number of halogens is 7. The number of nitrogens with zero attached hydrogens (tertiary/aromatic N) is 15. The van der Waals surface area contributed by atoms with Gasteiger partial charge in [-0.25, -0.2) is 62.7 Å². The summed E-state index contributed by atoms with van der Waals surface area (Å²) in [7, 11) is -10.2. The molecule has 780 valence electrons. The van der Waals surface area contributed by atoms with E-state index in [1.165, 1.54) is 53.5 Å². The Morgan fingerprint density at radius 1 is 0.535 bits per heavy atom. The number of aromatic nitrogens is 14. The molecule has 2 amide bonds. The normalized spacial score (nSPS) is 19.6. The Balaban J connectivity index is 0.000000200. The van der Waals surface area contributed by atoms with Gasteiger partial charge in [0.25, 0.3) is 11.8 Å². The number of fused-ring (bicyclic) bond motifs is 2. The van der Waals surface area contributed by atoms with Gasteiger partial charge in [0.15, 0.2) is 44.9 Å². The topological polar surface area (TPSA) is 439 Å². The second kappa shape index (κ2) is 42.1. The van der Waals surface area contributed by atoms with Crippen LogP contribution in [-0.4, -0.2) is 246 Å². The lowest BCUT2D eigenvalue weighted by Crippen LogP contribution is -2.53. The number of hydrogen-bond donors (Lipinski definition) is 9. The van der Waals surface area contributed by atoms with E-state index in [1.807, 2.05) is 153 Å². The molecule has 2 bridgehead atoms. The number of anilines is 3. The van der Waals surface area contributed by atoms with Crippen molar-refractivity contribution >= 4 is 74.1 Å². The minimum Gasteiger partial charge on any atom is -0.508 e. The maximum absolute atomic E-state index is 16.6. The van der Waals surface area contributed by atoms with Gasteiger partial charge in [0, 0.05) is 107 Å². The molecule has 7 atom stereocenters. The molecule has 4 aliphatic heterocycles. The van der Waals surface area contributed by atoms with E-state index in [0.29, 0.717) is 81.1 Å². The molecule has 2 aliphatic carbocycles. The second-order valence-corrected chi connectivity index (χ2v) is 63.2. The number of carbonyl (C=O) groups is 2. The second-order valence-electron chi connectivity index (χ2n) is 43.7. The van der Waals surface area contributed by atoms with Gasteiger partial charge >= 0.3 is 34.6 Å². The van der Waals surface area contributed by atoms with Gasteiger partial charge in [0.2, 0.25) is 12.5 Å². The number of amides is 2. The van der Waals surface area contributed by atoms with Crippen LogP contribution in [0.3, 0.4) is 0 Å². The van der Waals surface area contributed by atoms with Crippen LogP contribution in [0.1, 0.15) is 195 Å². The molecule has 16 rings (SSSR count). The minimum absolute atomic E-state index is 0.00473. The predicted molar refractivity (Wildman–Crippen MR) is 542 cm³/mol. The van der Waals surface area contributed by atoms with Crippen LogP contribution in [0, 0.1) is 11.6 Å².